The molecule has 3 aliphatic heterocycles. The Morgan fingerprint density at radius 1 is 0.606 bits per heavy atom. The van der Waals surface area contributed by atoms with E-state index in [1.54, 1.807) is 0 Å². The zero-order valence-corrected chi connectivity index (χ0v) is 19.9. The van der Waals surface area contributed by atoms with Crippen LogP contribution in [0.2, 0.25) is 0 Å². The van der Waals surface area contributed by atoms with Gasteiger partial charge in [-0.3, -0.25) is 4.99 Å². The summed E-state index contributed by atoms with van der Waals surface area (Å²) in [6.45, 7) is 0. The van der Waals surface area contributed by atoms with E-state index in [1.807, 2.05) is 0 Å². The average Bonchev–Trinajstić information content (AvgIpc) is 2.91. The molecule has 3 aliphatic rings. The predicted octanol–water partition coefficient (Wildman–Crippen LogP) is 7.33. The predicted molar refractivity (Wildman–Crippen MR) is 144 cm³/mol. The van der Waals surface area contributed by atoms with E-state index in [0.29, 0.717) is 0 Å². The SMILES string of the molecule is C1=CC2(c3ccccc3)N=C(c3ccccc3)P1C=C2P(c1ccccc1)c1ccccc1. The van der Waals surface area contributed by atoms with E-state index < -0.39 is 21.4 Å². The van der Waals surface area contributed by atoms with Gasteiger partial charge in [0.2, 0.25) is 0 Å². The summed E-state index contributed by atoms with van der Waals surface area (Å²) in [5.41, 5.74) is 3.19. The highest BCUT2D eigenvalue weighted by Crippen LogP contribution is 2.65. The van der Waals surface area contributed by atoms with Crippen LogP contribution in [-0.4, -0.2) is 5.45 Å². The highest BCUT2D eigenvalue weighted by molar-refractivity contribution is 7.83. The van der Waals surface area contributed by atoms with E-state index >= 15 is 0 Å². The van der Waals surface area contributed by atoms with Crippen LogP contribution < -0.4 is 10.6 Å². The van der Waals surface area contributed by atoms with Crippen molar-refractivity contribution in [2.24, 2.45) is 4.99 Å². The molecule has 7 rings (SSSR count). The Morgan fingerprint density at radius 2 is 1.12 bits per heavy atom. The lowest BCUT2D eigenvalue weighted by Crippen LogP contribution is -2.33. The summed E-state index contributed by atoms with van der Waals surface area (Å²) in [6.07, 6.45) is 2.37. The topological polar surface area (TPSA) is 12.4 Å². The average molecular weight is 459 g/mol. The van der Waals surface area contributed by atoms with Crippen LogP contribution in [0.4, 0.5) is 0 Å². The second kappa shape index (κ2) is 8.68. The molecule has 0 saturated heterocycles. The Labute approximate surface area is 197 Å². The first-order chi connectivity index (χ1) is 16.4. The molecular weight excluding hydrogens is 436 g/mol. The van der Waals surface area contributed by atoms with Gasteiger partial charge in [0.05, 0.1) is 5.45 Å². The maximum Gasteiger partial charge on any atom is 0.131 e. The molecule has 0 fully saturated rings. The molecule has 0 spiro atoms. The van der Waals surface area contributed by atoms with Crippen LogP contribution in [0.1, 0.15) is 11.1 Å². The van der Waals surface area contributed by atoms with Crippen LogP contribution in [0.5, 0.6) is 0 Å². The molecule has 4 aromatic carbocycles. The number of benzene rings is 4. The van der Waals surface area contributed by atoms with Gasteiger partial charge < -0.3 is 0 Å². The highest BCUT2D eigenvalue weighted by Gasteiger charge is 2.45. The number of hydrogen-bond donors (Lipinski definition) is 0. The Balaban J connectivity index is 1.59. The fraction of sp³-hybridized carbons (Fsp3) is 0.0333. The van der Waals surface area contributed by atoms with Crippen molar-refractivity contribution >= 4 is 31.9 Å². The number of aliphatic imine (C=N–C) groups is 1. The van der Waals surface area contributed by atoms with Crippen LogP contribution in [0, 0.1) is 0 Å². The first-order valence-electron chi connectivity index (χ1n) is 11.2. The third-order valence-corrected chi connectivity index (χ3v) is 10.8. The fourth-order valence-electron chi connectivity index (χ4n) is 4.61. The minimum Gasteiger partial charge on any atom is -0.263 e. The summed E-state index contributed by atoms with van der Waals surface area (Å²) in [7, 11) is -1.32. The maximum absolute atomic E-state index is 5.58. The van der Waals surface area contributed by atoms with Crippen LogP contribution in [0.3, 0.4) is 0 Å². The minimum atomic E-state index is -0.725. The van der Waals surface area contributed by atoms with Gasteiger partial charge in [-0.2, -0.15) is 0 Å². The van der Waals surface area contributed by atoms with Crippen molar-refractivity contribution in [2.45, 2.75) is 5.54 Å². The summed E-state index contributed by atoms with van der Waals surface area (Å²) in [5, 5.41) is 4.16. The van der Waals surface area contributed by atoms with Gasteiger partial charge in [0.15, 0.2) is 0 Å². The molecule has 2 bridgehead atoms. The van der Waals surface area contributed by atoms with E-state index in [0.717, 1.165) is 0 Å². The van der Waals surface area contributed by atoms with E-state index in [2.05, 4.69) is 139 Å². The van der Waals surface area contributed by atoms with Gasteiger partial charge in [0.1, 0.15) is 5.54 Å². The normalized spacial score (nSPS) is 21.1. The second-order valence-corrected chi connectivity index (χ2v) is 12.2. The lowest BCUT2D eigenvalue weighted by molar-refractivity contribution is 0.700. The molecule has 1 nitrogen and oxygen atoms in total. The van der Waals surface area contributed by atoms with Crippen molar-refractivity contribution in [3.63, 3.8) is 0 Å². The molecule has 0 saturated carbocycles. The largest absolute Gasteiger partial charge is 0.263 e. The van der Waals surface area contributed by atoms with Crippen molar-refractivity contribution in [2.75, 3.05) is 0 Å². The first-order valence-corrected chi connectivity index (χ1v) is 14.0. The van der Waals surface area contributed by atoms with Gasteiger partial charge in [-0.05, 0) is 49.2 Å². The minimum absolute atomic E-state index is 0.485. The maximum atomic E-state index is 5.58. The van der Waals surface area contributed by atoms with Crippen LogP contribution >= 0.6 is 15.8 Å². The number of hydrogen-bond acceptors (Lipinski definition) is 1. The molecule has 0 aromatic heterocycles. The van der Waals surface area contributed by atoms with Crippen molar-refractivity contribution < 1.29 is 0 Å². The second-order valence-electron chi connectivity index (χ2n) is 8.18. The summed E-state index contributed by atoms with van der Waals surface area (Å²) in [5.74, 6) is 4.97. The van der Waals surface area contributed by atoms with E-state index in [-0.39, 0.29) is 0 Å². The molecular formula is C30H23NP2. The Morgan fingerprint density at radius 3 is 1.70 bits per heavy atom. The molecule has 3 heterocycles. The smallest absolute Gasteiger partial charge is 0.131 e. The van der Waals surface area contributed by atoms with Gasteiger partial charge >= 0.3 is 0 Å². The molecule has 3 heteroatoms. The summed E-state index contributed by atoms with van der Waals surface area (Å²) < 4.78 is 0. The lowest BCUT2D eigenvalue weighted by atomic mass is 9.90. The van der Waals surface area contributed by atoms with Crippen LogP contribution in [0.25, 0.3) is 0 Å². The van der Waals surface area contributed by atoms with Crippen molar-refractivity contribution in [1.29, 1.82) is 0 Å². The third kappa shape index (κ3) is 3.63. The summed E-state index contributed by atoms with van der Waals surface area (Å²) in [4.78, 5) is 5.58. The van der Waals surface area contributed by atoms with Gasteiger partial charge in [-0.15, -0.1) is 0 Å². The first kappa shape index (κ1) is 20.5. The van der Waals surface area contributed by atoms with Crippen LogP contribution in [-0.2, 0) is 5.54 Å². The lowest BCUT2D eigenvalue weighted by Gasteiger charge is -2.43. The molecule has 0 radical (unpaired) electrons. The molecule has 0 aliphatic carbocycles. The standard InChI is InChI=1S/C30H23NP2/c1-5-13-24(14-6-1)29-31-30(25-15-7-2-8-16-25)21-22-32(29)23-28(30)33(26-17-9-3-10-18-26)27-19-11-4-12-20-27/h1-23H. The van der Waals surface area contributed by atoms with Gasteiger partial charge in [0, 0.05) is 5.56 Å². The zero-order valence-electron chi connectivity index (χ0n) is 18.1. The van der Waals surface area contributed by atoms with E-state index in [4.69, 9.17) is 4.99 Å². The van der Waals surface area contributed by atoms with Crippen molar-refractivity contribution in [3.8, 4) is 0 Å². The van der Waals surface area contributed by atoms with E-state index in [1.165, 1.54) is 32.5 Å². The Bertz CT molecular complexity index is 1310. The molecule has 2 unspecified atom stereocenters. The van der Waals surface area contributed by atoms with Crippen molar-refractivity contribution in [3.05, 3.63) is 155 Å². The highest BCUT2D eigenvalue weighted by atomic mass is 31.1. The van der Waals surface area contributed by atoms with Crippen molar-refractivity contribution in [1.82, 2.24) is 0 Å². The molecule has 4 aromatic rings. The van der Waals surface area contributed by atoms with Gasteiger partial charge in [0.25, 0.3) is 0 Å². The van der Waals surface area contributed by atoms with Gasteiger partial charge in [-0.1, -0.05) is 127 Å². The molecule has 33 heavy (non-hydrogen) atoms. The number of rotatable bonds is 5. The molecule has 158 valence electrons. The zero-order chi connectivity index (χ0) is 22.1. The summed E-state index contributed by atoms with van der Waals surface area (Å²) >= 11 is 0. The van der Waals surface area contributed by atoms with E-state index in [9.17, 15) is 0 Å². The quantitative estimate of drug-likeness (QED) is 0.277. The van der Waals surface area contributed by atoms with Gasteiger partial charge in [-0.25, -0.2) is 0 Å². The monoisotopic (exact) mass is 459 g/mol. The van der Waals surface area contributed by atoms with Crippen LogP contribution in [0.15, 0.2) is 149 Å². The fourth-order valence-corrected chi connectivity index (χ4v) is 9.74. The third-order valence-electron chi connectivity index (χ3n) is 6.17. The summed E-state index contributed by atoms with van der Waals surface area (Å²) in [6, 6.07) is 43.4. The molecule has 2 atom stereocenters. The Hall–Kier alpha value is -3.11. The molecule has 0 amide bonds. The Kier molecular flexibility index (Phi) is 5.39. The molecule has 0 N–H and O–H groups in total. The number of nitrogens with zero attached hydrogens (tertiary/aromatic N) is 1.